The van der Waals surface area contributed by atoms with Crippen LogP contribution in [0.5, 0.6) is 5.75 Å². The highest BCUT2D eigenvalue weighted by Gasteiger charge is 2.22. The predicted molar refractivity (Wildman–Crippen MR) is 90.9 cm³/mol. The van der Waals surface area contributed by atoms with Crippen LogP contribution < -0.4 is 15.0 Å². The molecule has 130 valence electrons. The molecule has 1 aromatic rings. The van der Waals surface area contributed by atoms with E-state index in [9.17, 15) is 4.79 Å². The molecule has 0 atom stereocenters. The smallest absolute Gasteiger partial charge is 0.253 e. The summed E-state index contributed by atoms with van der Waals surface area (Å²) in [7, 11) is 3.61. The average molecular weight is 334 g/mol. The van der Waals surface area contributed by atoms with E-state index in [-0.39, 0.29) is 24.9 Å². The van der Waals surface area contributed by atoms with Gasteiger partial charge < -0.3 is 25.0 Å². The number of hydrogen-bond donors (Lipinski definition) is 2. The average Bonchev–Trinajstić information content (AvgIpc) is 2.60. The number of anilines is 1. The van der Waals surface area contributed by atoms with E-state index >= 15 is 0 Å². The molecule has 1 aromatic carbocycles. The molecule has 9 nitrogen and oxygen atoms in total. The number of aliphatic hydroxyl groups is 1. The van der Waals surface area contributed by atoms with E-state index < -0.39 is 0 Å². The van der Waals surface area contributed by atoms with Crippen LogP contribution >= 0.6 is 0 Å². The molecule has 0 aliphatic carbocycles. The van der Waals surface area contributed by atoms with Crippen LogP contribution in [0.3, 0.4) is 0 Å². The summed E-state index contributed by atoms with van der Waals surface area (Å²) in [6, 6.07) is 3.23. The maximum atomic E-state index is 12.3. The van der Waals surface area contributed by atoms with Gasteiger partial charge in [0, 0.05) is 38.1 Å². The standard InChI is InChI=1S/C15H22N6O3/c1-17-15(23)11-9-14(24-8-7-22)12(18-19-16)10-13(11)21-5-3-20(2)4-6-21/h9-10,22H,3-8H2,1-2H3,(H,17,23). The quantitative estimate of drug-likeness (QED) is 0.459. The van der Waals surface area contributed by atoms with Crippen molar-refractivity contribution in [3.8, 4) is 5.75 Å². The molecule has 1 heterocycles. The van der Waals surface area contributed by atoms with Crippen LogP contribution in [0.1, 0.15) is 10.4 Å². The number of hydrogen-bond acceptors (Lipinski definition) is 6. The Kier molecular flexibility index (Phi) is 6.25. The van der Waals surface area contributed by atoms with E-state index in [0.29, 0.717) is 16.9 Å². The topological polar surface area (TPSA) is 114 Å². The van der Waals surface area contributed by atoms with Crippen molar-refractivity contribution in [3.05, 3.63) is 28.1 Å². The summed E-state index contributed by atoms with van der Waals surface area (Å²) in [5.41, 5.74) is 10.2. The van der Waals surface area contributed by atoms with E-state index in [4.69, 9.17) is 15.4 Å². The fraction of sp³-hybridized carbons (Fsp3) is 0.533. The third kappa shape index (κ3) is 4.08. The molecule has 1 aliphatic heterocycles. The van der Waals surface area contributed by atoms with E-state index in [1.807, 2.05) is 7.05 Å². The van der Waals surface area contributed by atoms with Crippen LogP contribution in [0.15, 0.2) is 17.2 Å². The van der Waals surface area contributed by atoms with Crippen molar-refractivity contribution in [1.82, 2.24) is 10.2 Å². The molecule has 1 amide bonds. The summed E-state index contributed by atoms with van der Waals surface area (Å²) < 4.78 is 5.41. The summed E-state index contributed by atoms with van der Waals surface area (Å²) in [6.07, 6.45) is 0. The van der Waals surface area contributed by atoms with Gasteiger partial charge in [-0.2, -0.15) is 0 Å². The van der Waals surface area contributed by atoms with Crippen molar-refractivity contribution in [1.29, 1.82) is 0 Å². The number of azide groups is 1. The SMILES string of the molecule is CNC(=O)c1cc(OCCO)c(N=[N+]=[N-])cc1N1CCN(C)CC1. The Labute approximate surface area is 140 Å². The molecule has 1 aliphatic rings. The number of ether oxygens (including phenoxy) is 1. The van der Waals surface area contributed by atoms with Gasteiger partial charge in [0.05, 0.1) is 23.5 Å². The Morgan fingerprint density at radius 2 is 2.12 bits per heavy atom. The zero-order chi connectivity index (χ0) is 17.5. The number of carbonyl (C=O) groups is 1. The summed E-state index contributed by atoms with van der Waals surface area (Å²) in [6.45, 7) is 3.18. The molecule has 24 heavy (non-hydrogen) atoms. The lowest BCUT2D eigenvalue weighted by Crippen LogP contribution is -2.45. The number of nitrogens with zero attached hydrogens (tertiary/aromatic N) is 5. The number of aliphatic hydroxyl groups excluding tert-OH is 1. The number of rotatable bonds is 6. The Balaban J connectivity index is 2.47. The number of benzene rings is 1. The number of nitrogens with one attached hydrogen (secondary N) is 1. The molecule has 9 heteroatoms. The highest BCUT2D eigenvalue weighted by atomic mass is 16.5. The van der Waals surface area contributed by atoms with Gasteiger partial charge in [-0.05, 0) is 24.7 Å². The normalized spacial score (nSPS) is 14.9. The van der Waals surface area contributed by atoms with Gasteiger partial charge in [-0.15, -0.1) is 0 Å². The molecule has 0 unspecified atom stereocenters. The lowest BCUT2D eigenvalue weighted by molar-refractivity contribution is 0.0963. The van der Waals surface area contributed by atoms with E-state index in [2.05, 4.69) is 25.1 Å². The Bertz CT molecular complexity index is 636. The van der Waals surface area contributed by atoms with Crippen LogP contribution in [0.4, 0.5) is 11.4 Å². The zero-order valence-electron chi connectivity index (χ0n) is 13.9. The van der Waals surface area contributed by atoms with Crippen LogP contribution in [0, 0.1) is 0 Å². The molecule has 0 bridgehead atoms. The third-order valence-electron chi connectivity index (χ3n) is 3.89. The zero-order valence-corrected chi connectivity index (χ0v) is 13.9. The Morgan fingerprint density at radius 1 is 1.42 bits per heavy atom. The third-order valence-corrected chi connectivity index (χ3v) is 3.89. The van der Waals surface area contributed by atoms with Crippen LogP contribution in [0.2, 0.25) is 0 Å². The number of likely N-dealkylation sites (N-methyl/N-ethyl adjacent to an activating group) is 1. The van der Waals surface area contributed by atoms with E-state index in [1.54, 1.807) is 19.2 Å². The lowest BCUT2D eigenvalue weighted by Gasteiger charge is -2.35. The van der Waals surface area contributed by atoms with Gasteiger partial charge in [-0.3, -0.25) is 4.79 Å². The molecule has 1 saturated heterocycles. The Morgan fingerprint density at radius 3 is 2.71 bits per heavy atom. The molecule has 0 spiro atoms. The first-order chi connectivity index (χ1) is 11.6. The van der Waals surface area contributed by atoms with Gasteiger partial charge in [0.15, 0.2) is 0 Å². The van der Waals surface area contributed by atoms with Gasteiger partial charge in [-0.1, -0.05) is 5.11 Å². The molecule has 0 saturated carbocycles. The van der Waals surface area contributed by atoms with Gasteiger partial charge in [0.1, 0.15) is 12.4 Å². The summed E-state index contributed by atoms with van der Waals surface area (Å²) in [5.74, 6) is 0.0311. The van der Waals surface area contributed by atoms with Crippen molar-refractivity contribution in [3.63, 3.8) is 0 Å². The second-order valence-corrected chi connectivity index (χ2v) is 5.47. The van der Waals surface area contributed by atoms with Gasteiger partial charge >= 0.3 is 0 Å². The monoisotopic (exact) mass is 334 g/mol. The van der Waals surface area contributed by atoms with Crippen molar-refractivity contribution in [2.75, 3.05) is 58.4 Å². The highest BCUT2D eigenvalue weighted by molar-refractivity contribution is 6.01. The second kappa shape index (κ2) is 8.39. The van der Waals surface area contributed by atoms with Crippen molar-refractivity contribution in [2.24, 2.45) is 5.11 Å². The fourth-order valence-corrected chi connectivity index (χ4v) is 2.58. The summed E-state index contributed by atoms with van der Waals surface area (Å²) in [5, 5.41) is 15.2. The summed E-state index contributed by atoms with van der Waals surface area (Å²) >= 11 is 0. The minimum atomic E-state index is -0.245. The maximum absolute atomic E-state index is 12.3. The fourth-order valence-electron chi connectivity index (χ4n) is 2.58. The van der Waals surface area contributed by atoms with Gasteiger partial charge in [0.25, 0.3) is 5.91 Å². The minimum absolute atomic E-state index is 0.0506. The first-order valence-corrected chi connectivity index (χ1v) is 7.73. The second-order valence-electron chi connectivity index (χ2n) is 5.47. The predicted octanol–water partition coefficient (Wildman–Crippen LogP) is 1.11. The highest BCUT2D eigenvalue weighted by Crippen LogP contribution is 2.36. The number of carbonyl (C=O) groups excluding carboxylic acids is 1. The van der Waals surface area contributed by atoms with Crippen LogP contribution in [0.25, 0.3) is 10.4 Å². The molecule has 0 aromatic heterocycles. The van der Waals surface area contributed by atoms with Crippen molar-refractivity contribution in [2.45, 2.75) is 0 Å². The largest absolute Gasteiger partial charge is 0.491 e. The van der Waals surface area contributed by atoms with E-state index in [0.717, 1.165) is 26.2 Å². The first-order valence-electron chi connectivity index (χ1n) is 7.73. The molecule has 1 fully saturated rings. The number of piperazine rings is 1. The lowest BCUT2D eigenvalue weighted by atomic mass is 10.1. The van der Waals surface area contributed by atoms with Crippen LogP contribution in [-0.2, 0) is 0 Å². The van der Waals surface area contributed by atoms with Crippen LogP contribution in [-0.4, -0.2) is 69.4 Å². The first kappa shape index (κ1) is 17.9. The minimum Gasteiger partial charge on any atom is -0.491 e. The molecule has 0 radical (unpaired) electrons. The molecular formula is C15H22N6O3. The maximum Gasteiger partial charge on any atom is 0.253 e. The van der Waals surface area contributed by atoms with Gasteiger partial charge in [-0.25, -0.2) is 0 Å². The van der Waals surface area contributed by atoms with Crippen molar-refractivity contribution >= 4 is 17.3 Å². The van der Waals surface area contributed by atoms with Crippen molar-refractivity contribution < 1.29 is 14.6 Å². The Hall–Kier alpha value is -2.48. The molecular weight excluding hydrogens is 312 g/mol. The molecule has 2 N–H and O–H groups in total. The summed E-state index contributed by atoms with van der Waals surface area (Å²) in [4.78, 5) is 19.4. The number of amides is 1. The molecule has 2 rings (SSSR count). The van der Waals surface area contributed by atoms with Gasteiger partial charge in [0.2, 0.25) is 0 Å². The van der Waals surface area contributed by atoms with E-state index in [1.165, 1.54) is 0 Å².